The Balaban J connectivity index is 0. The van der Waals surface area contributed by atoms with E-state index in [9.17, 15) is 0 Å². The Morgan fingerprint density at radius 3 is 1.62 bits per heavy atom. The summed E-state index contributed by atoms with van der Waals surface area (Å²) in [6, 6.07) is 0.995. The van der Waals surface area contributed by atoms with E-state index in [0.29, 0.717) is 11.8 Å². The van der Waals surface area contributed by atoms with Crippen LogP contribution in [0.1, 0.15) is 130 Å². The molecular weight excluding hydrogens is 506 g/mol. The van der Waals surface area contributed by atoms with Gasteiger partial charge < -0.3 is 30.3 Å². The molecular formula is C29H64ClNO5Si. The number of aliphatic hydroxyl groups excluding tert-OH is 2. The highest BCUT2D eigenvalue weighted by molar-refractivity contribution is 6.27. The zero-order chi connectivity index (χ0) is 26.9. The van der Waals surface area contributed by atoms with E-state index in [1.54, 1.807) is 0 Å². The summed E-state index contributed by atoms with van der Waals surface area (Å²) >= 11 is 6.99. The fraction of sp³-hybridized carbons (Fsp3) is 1.00. The van der Waals surface area contributed by atoms with Crippen molar-refractivity contribution in [2.45, 2.75) is 148 Å². The zero-order valence-electron chi connectivity index (χ0n) is 25.0. The second-order valence-electron chi connectivity index (χ2n) is 11.0. The first kappa shape index (κ1) is 39.4. The van der Waals surface area contributed by atoms with Crippen molar-refractivity contribution in [2.75, 3.05) is 26.4 Å². The molecule has 226 valence electrons. The van der Waals surface area contributed by atoms with Crippen molar-refractivity contribution in [1.29, 1.82) is 0 Å². The smallest absolute Gasteiger partial charge is 0.261 e. The predicted octanol–water partition coefficient (Wildman–Crippen LogP) is 7.50. The number of halogens is 1. The molecule has 3 atom stereocenters. The molecule has 0 spiro atoms. The molecule has 0 heterocycles. The van der Waals surface area contributed by atoms with E-state index >= 15 is 0 Å². The molecule has 0 rings (SSSR count). The minimum absolute atomic E-state index is 0. The van der Waals surface area contributed by atoms with Gasteiger partial charge in [0.25, 0.3) is 6.48 Å². The largest absolute Gasteiger partial charge is 0.394 e. The molecule has 0 aromatic carbocycles. The van der Waals surface area contributed by atoms with Crippen LogP contribution in [0.4, 0.5) is 0 Å². The van der Waals surface area contributed by atoms with Gasteiger partial charge in [-0.2, -0.15) is 0 Å². The molecule has 0 aromatic heterocycles. The number of rotatable bonds is 28. The third-order valence-corrected chi connectivity index (χ3v) is 9.58. The van der Waals surface area contributed by atoms with Crippen molar-refractivity contribution in [3.8, 4) is 0 Å². The second kappa shape index (κ2) is 27.8. The summed E-state index contributed by atoms with van der Waals surface area (Å²) in [5.41, 5.74) is 0. The van der Waals surface area contributed by atoms with E-state index in [0.717, 1.165) is 12.5 Å². The first-order chi connectivity index (χ1) is 17.4. The Bertz CT molecular complexity index is 454. The summed E-state index contributed by atoms with van der Waals surface area (Å²) in [5.74, 6) is 0.976. The zero-order valence-corrected chi connectivity index (χ0v) is 27.2. The molecule has 0 saturated heterocycles. The summed E-state index contributed by atoms with van der Waals surface area (Å²) in [6.45, 7) is 8.40. The molecule has 8 heteroatoms. The van der Waals surface area contributed by atoms with Crippen LogP contribution in [0, 0.1) is 11.8 Å². The van der Waals surface area contributed by atoms with Crippen LogP contribution in [0.2, 0.25) is 6.04 Å². The van der Waals surface area contributed by atoms with Crippen LogP contribution in [0.15, 0.2) is 0 Å². The average molecular weight is 570 g/mol. The lowest BCUT2D eigenvalue weighted by atomic mass is 9.84. The lowest BCUT2D eigenvalue weighted by molar-refractivity contribution is -0.252. The lowest BCUT2D eigenvalue weighted by Gasteiger charge is -2.32. The van der Waals surface area contributed by atoms with Crippen molar-refractivity contribution in [3.63, 3.8) is 0 Å². The van der Waals surface area contributed by atoms with Crippen molar-refractivity contribution < 1.29 is 24.1 Å². The van der Waals surface area contributed by atoms with Gasteiger partial charge in [0.1, 0.15) is 0 Å². The Hall–Kier alpha value is 0.267. The van der Waals surface area contributed by atoms with Crippen LogP contribution in [-0.4, -0.2) is 57.8 Å². The van der Waals surface area contributed by atoms with Gasteiger partial charge in [-0.05, 0) is 37.6 Å². The van der Waals surface area contributed by atoms with Crippen molar-refractivity contribution >= 4 is 21.4 Å². The van der Waals surface area contributed by atoms with Gasteiger partial charge in [-0.15, -0.1) is 11.6 Å². The molecule has 0 amide bonds. The second-order valence-corrected chi connectivity index (χ2v) is 13.2. The van der Waals surface area contributed by atoms with Gasteiger partial charge in [0.2, 0.25) is 0 Å². The Kier molecular flexibility index (Phi) is 29.6. The number of ether oxygens (including phenoxy) is 2. The molecule has 0 aliphatic rings. The first-order valence-electron chi connectivity index (χ1n) is 15.1. The standard InChI is InChI=1S/C29H61ClO5Si.H3N/c1-5-6-7-8-9-10-11-12-13-14-15-16-17-18-19-27(3)29(4,30)24-26(2)25-36-35-28(33-22-20-31)34-23-21-32;/h26-28,31-32H,5-25,36H2,1-4H3;1H3. The predicted molar refractivity (Wildman–Crippen MR) is 161 cm³/mol. The van der Waals surface area contributed by atoms with Gasteiger partial charge in [0.05, 0.1) is 26.4 Å². The van der Waals surface area contributed by atoms with Crippen LogP contribution in [0.25, 0.3) is 0 Å². The summed E-state index contributed by atoms with van der Waals surface area (Å²) in [5, 5.41) is 17.8. The molecule has 5 N–H and O–H groups in total. The Labute approximate surface area is 237 Å². The Morgan fingerprint density at radius 2 is 1.19 bits per heavy atom. The number of aliphatic hydroxyl groups is 2. The maximum absolute atomic E-state index is 8.92. The molecule has 0 radical (unpaired) electrons. The maximum atomic E-state index is 8.92. The van der Waals surface area contributed by atoms with Crippen LogP contribution >= 0.6 is 11.6 Å². The average Bonchev–Trinajstić information content (AvgIpc) is 2.85. The summed E-state index contributed by atoms with van der Waals surface area (Å²) in [4.78, 5) is -0.190. The van der Waals surface area contributed by atoms with E-state index in [1.807, 2.05) is 0 Å². The molecule has 0 saturated carbocycles. The molecule has 0 aliphatic heterocycles. The van der Waals surface area contributed by atoms with E-state index < -0.39 is 16.2 Å². The van der Waals surface area contributed by atoms with Crippen molar-refractivity contribution in [3.05, 3.63) is 0 Å². The van der Waals surface area contributed by atoms with Gasteiger partial charge in [-0.25, -0.2) is 0 Å². The van der Waals surface area contributed by atoms with Crippen LogP contribution < -0.4 is 6.15 Å². The third kappa shape index (κ3) is 25.0. The van der Waals surface area contributed by atoms with Crippen molar-refractivity contribution in [2.24, 2.45) is 11.8 Å². The molecule has 0 fully saturated rings. The fourth-order valence-corrected chi connectivity index (χ4v) is 6.24. The molecule has 0 aromatic rings. The van der Waals surface area contributed by atoms with Crippen LogP contribution in [-0.2, 0) is 13.9 Å². The van der Waals surface area contributed by atoms with Gasteiger partial charge in [-0.3, -0.25) is 0 Å². The minimum atomic E-state index is -0.845. The summed E-state index contributed by atoms with van der Waals surface area (Å²) in [7, 11) is -0.845. The quantitative estimate of drug-likeness (QED) is 0.0390. The topological polar surface area (TPSA) is 103 Å². The highest BCUT2D eigenvalue weighted by Crippen LogP contribution is 2.36. The van der Waals surface area contributed by atoms with E-state index in [-0.39, 0.29) is 37.5 Å². The number of hydrogen-bond donors (Lipinski definition) is 3. The Morgan fingerprint density at radius 1 is 0.757 bits per heavy atom. The lowest BCUT2D eigenvalue weighted by Crippen LogP contribution is -2.30. The molecule has 0 aliphatic carbocycles. The molecule has 0 bridgehead atoms. The fourth-order valence-electron chi connectivity index (χ4n) is 4.74. The van der Waals surface area contributed by atoms with Gasteiger partial charge >= 0.3 is 0 Å². The molecule has 6 nitrogen and oxygen atoms in total. The molecule has 3 unspecified atom stereocenters. The summed E-state index contributed by atoms with van der Waals surface area (Å²) < 4.78 is 16.4. The SMILES string of the molecule is CCCCCCCCCCCCCCCCC(C)C(C)(Cl)CC(C)C[SiH2]OC(OCCO)OCCO.N. The molecule has 37 heavy (non-hydrogen) atoms. The third-order valence-electron chi connectivity index (χ3n) is 7.32. The monoisotopic (exact) mass is 569 g/mol. The first-order valence-corrected chi connectivity index (χ1v) is 17.1. The number of alkyl halides is 1. The van der Waals surface area contributed by atoms with Gasteiger partial charge in [0.15, 0.2) is 9.76 Å². The van der Waals surface area contributed by atoms with E-state index in [1.165, 1.54) is 96.3 Å². The van der Waals surface area contributed by atoms with Crippen molar-refractivity contribution in [1.82, 2.24) is 6.15 Å². The highest BCUT2D eigenvalue weighted by Gasteiger charge is 2.30. The van der Waals surface area contributed by atoms with E-state index in [4.69, 9.17) is 35.7 Å². The van der Waals surface area contributed by atoms with Crippen LogP contribution in [0.5, 0.6) is 0 Å². The van der Waals surface area contributed by atoms with Gasteiger partial charge in [0, 0.05) is 4.87 Å². The van der Waals surface area contributed by atoms with Crippen LogP contribution in [0.3, 0.4) is 0 Å². The van der Waals surface area contributed by atoms with Gasteiger partial charge in [-0.1, -0.05) is 111 Å². The van der Waals surface area contributed by atoms with E-state index in [2.05, 4.69) is 27.7 Å². The number of unbranched alkanes of at least 4 members (excludes halogenated alkanes) is 13. The maximum Gasteiger partial charge on any atom is 0.261 e. The summed E-state index contributed by atoms with van der Waals surface area (Å²) in [6.07, 6.45) is 21.7. The normalized spacial score (nSPS) is 15.2. The minimum Gasteiger partial charge on any atom is -0.394 e. The number of hydrogen-bond acceptors (Lipinski definition) is 6. The highest BCUT2D eigenvalue weighted by atomic mass is 35.5.